The molecule has 0 atom stereocenters. The molecule has 23 heavy (non-hydrogen) atoms. The number of carboxylic acids is 2. The van der Waals surface area contributed by atoms with E-state index in [2.05, 4.69) is 0 Å². The first-order chi connectivity index (χ1) is 10.8. The van der Waals surface area contributed by atoms with Gasteiger partial charge in [0.1, 0.15) is 0 Å². The van der Waals surface area contributed by atoms with Crippen molar-refractivity contribution in [2.75, 3.05) is 6.54 Å². The van der Waals surface area contributed by atoms with Crippen molar-refractivity contribution in [3.05, 3.63) is 35.9 Å². The molecule has 0 aliphatic carbocycles. The van der Waals surface area contributed by atoms with Gasteiger partial charge in [0, 0.05) is 26.4 Å². The van der Waals surface area contributed by atoms with Gasteiger partial charge in [0.2, 0.25) is 0 Å². The monoisotopic (exact) mass is 323 g/mol. The van der Waals surface area contributed by atoms with Crippen LogP contribution >= 0.6 is 0 Å². The van der Waals surface area contributed by atoms with E-state index in [-0.39, 0.29) is 12.4 Å². The second-order valence-electron chi connectivity index (χ2n) is 5.02. The van der Waals surface area contributed by atoms with E-state index in [0.29, 0.717) is 19.5 Å². The second kappa shape index (κ2) is 12.0. The van der Waals surface area contributed by atoms with Gasteiger partial charge in [-0.2, -0.15) is 0 Å². The van der Waals surface area contributed by atoms with E-state index in [4.69, 9.17) is 26.2 Å². The van der Waals surface area contributed by atoms with Gasteiger partial charge in [-0.05, 0) is 18.4 Å². The number of aliphatic carboxylic acids is 2. The second-order valence-corrected chi connectivity index (χ2v) is 5.02. The SMILES string of the molecule is CC(=O)O.N=C(N)N(CCCCCC(=O)O)Cc1ccccc1. The van der Waals surface area contributed by atoms with Crippen LogP contribution in [0.1, 0.15) is 38.2 Å². The molecule has 7 heteroatoms. The first-order valence-electron chi connectivity index (χ1n) is 7.37. The molecule has 0 aliphatic rings. The molecule has 0 aromatic heterocycles. The van der Waals surface area contributed by atoms with Crippen molar-refractivity contribution in [3.8, 4) is 0 Å². The molecular weight excluding hydrogens is 298 g/mol. The maximum absolute atomic E-state index is 10.4. The highest BCUT2D eigenvalue weighted by Gasteiger charge is 2.07. The van der Waals surface area contributed by atoms with Crippen LogP contribution in [0.25, 0.3) is 0 Å². The van der Waals surface area contributed by atoms with E-state index < -0.39 is 11.9 Å². The number of nitrogens with one attached hydrogen (secondary N) is 1. The molecule has 0 radical (unpaired) electrons. The van der Waals surface area contributed by atoms with E-state index in [0.717, 1.165) is 25.3 Å². The predicted octanol–water partition coefficient (Wildman–Crippen LogP) is 2.12. The lowest BCUT2D eigenvalue weighted by Gasteiger charge is -2.22. The summed E-state index contributed by atoms with van der Waals surface area (Å²) in [6.07, 6.45) is 2.57. The fourth-order valence-electron chi connectivity index (χ4n) is 1.84. The standard InChI is InChI=1S/C14H21N3O2.C2H4O2/c15-14(16)17(10-6-2-5-9-13(18)19)11-12-7-3-1-4-8-12;1-2(3)4/h1,3-4,7-8H,2,5-6,9-11H2,(H3,15,16)(H,18,19);1H3,(H,3,4). The van der Waals surface area contributed by atoms with Crippen LogP contribution in [-0.2, 0) is 16.1 Å². The van der Waals surface area contributed by atoms with Crippen molar-refractivity contribution in [1.82, 2.24) is 4.90 Å². The predicted molar refractivity (Wildman–Crippen MR) is 88.2 cm³/mol. The van der Waals surface area contributed by atoms with Gasteiger partial charge in [-0.3, -0.25) is 15.0 Å². The molecule has 7 nitrogen and oxygen atoms in total. The lowest BCUT2D eigenvalue weighted by Crippen LogP contribution is -2.36. The first kappa shape index (κ1) is 20.4. The number of benzene rings is 1. The molecule has 0 amide bonds. The van der Waals surface area contributed by atoms with Gasteiger partial charge in [0.05, 0.1) is 0 Å². The Balaban J connectivity index is 0.00000108. The Hall–Kier alpha value is -2.57. The molecular formula is C16H25N3O4. The lowest BCUT2D eigenvalue weighted by atomic mass is 10.1. The molecule has 0 unspecified atom stereocenters. The van der Waals surface area contributed by atoms with Crippen LogP contribution in [0.2, 0.25) is 0 Å². The minimum atomic E-state index is -0.833. The lowest BCUT2D eigenvalue weighted by molar-refractivity contribution is -0.137. The number of rotatable bonds is 8. The fraction of sp³-hybridized carbons (Fsp3) is 0.438. The van der Waals surface area contributed by atoms with Crippen molar-refractivity contribution in [2.24, 2.45) is 5.73 Å². The highest BCUT2D eigenvalue weighted by Crippen LogP contribution is 2.07. The summed E-state index contributed by atoms with van der Waals surface area (Å²) in [4.78, 5) is 21.2. The Bertz CT molecular complexity index is 487. The Kier molecular flexibility index (Phi) is 10.7. The average Bonchev–Trinajstić information content (AvgIpc) is 2.45. The van der Waals surface area contributed by atoms with Crippen molar-refractivity contribution in [2.45, 2.75) is 39.2 Å². The van der Waals surface area contributed by atoms with Crippen LogP contribution in [0.3, 0.4) is 0 Å². The highest BCUT2D eigenvalue weighted by atomic mass is 16.4. The first-order valence-corrected chi connectivity index (χ1v) is 7.37. The van der Waals surface area contributed by atoms with Crippen LogP contribution in [-0.4, -0.2) is 39.6 Å². The van der Waals surface area contributed by atoms with Crippen LogP contribution in [0.15, 0.2) is 30.3 Å². The average molecular weight is 323 g/mol. The van der Waals surface area contributed by atoms with Gasteiger partial charge in [-0.1, -0.05) is 36.8 Å². The summed E-state index contributed by atoms with van der Waals surface area (Å²) in [6.45, 7) is 2.39. The number of hydrogen-bond donors (Lipinski definition) is 4. The normalized spacial score (nSPS) is 9.43. The van der Waals surface area contributed by atoms with E-state index in [9.17, 15) is 4.79 Å². The van der Waals surface area contributed by atoms with Gasteiger partial charge < -0.3 is 20.8 Å². The molecule has 0 heterocycles. The summed E-state index contributed by atoms with van der Waals surface area (Å²) >= 11 is 0. The van der Waals surface area contributed by atoms with E-state index in [1.165, 1.54) is 0 Å². The van der Waals surface area contributed by atoms with Gasteiger partial charge >= 0.3 is 5.97 Å². The highest BCUT2D eigenvalue weighted by molar-refractivity contribution is 5.74. The number of hydrogen-bond acceptors (Lipinski definition) is 3. The van der Waals surface area contributed by atoms with Gasteiger partial charge in [0.25, 0.3) is 5.97 Å². The third-order valence-electron chi connectivity index (χ3n) is 2.88. The largest absolute Gasteiger partial charge is 0.481 e. The van der Waals surface area contributed by atoms with E-state index >= 15 is 0 Å². The van der Waals surface area contributed by atoms with Crippen LogP contribution in [0.5, 0.6) is 0 Å². The minimum Gasteiger partial charge on any atom is -0.481 e. The maximum atomic E-state index is 10.4. The van der Waals surface area contributed by atoms with E-state index in [1.54, 1.807) is 4.90 Å². The fourth-order valence-corrected chi connectivity index (χ4v) is 1.84. The molecule has 0 bridgehead atoms. The number of nitrogens with two attached hydrogens (primary N) is 1. The molecule has 5 N–H and O–H groups in total. The number of guanidine groups is 1. The van der Waals surface area contributed by atoms with Crippen LogP contribution in [0.4, 0.5) is 0 Å². The summed E-state index contributed by atoms with van der Waals surface area (Å²) in [6, 6.07) is 9.87. The summed E-state index contributed by atoms with van der Waals surface area (Å²) in [7, 11) is 0. The summed E-state index contributed by atoms with van der Waals surface area (Å²) in [5.41, 5.74) is 6.68. The molecule has 0 spiro atoms. The number of carboxylic acid groups (broad SMARTS) is 2. The van der Waals surface area contributed by atoms with Crippen LogP contribution < -0.4 is 5.73 Å². The van der Waals surface area contributed by atoms with Gasteiger partial charge in [-0.15, -0.1) is 0 Å². The molecule has 1 rings (SSSR count). The topological polar surface area (TPSA) is 128 Å². The van der Waals surface area contributed by atoms with Gasteiger partial charge in [-0.25, -0.2) is 0 Å². The number of unbranched alkanes of at least 4 members (excludes halogenated alkanes) is 2. The quantitative estimate of drug-likeness (QED) is 0.329. The Labute approximate surface area is 136 Å². The van der Waals surface area contributed by atoms with Crippen molar-refractivity contribution in [3.63, 3.8) is 0 Å². The molecule has 0 saturated heterocycles. The number of nitrogens with zero attached hydrogens (tertiary/aromatic N) is 1. The molecule has 128 valence electrons. The van der Waals surface area contributed by atoms with E-state index in [1.807, 2.05) is 30.3 Å². The zero-order valence-electron chi connectivity index (χ0n) is 13.4. The zero-order valence-corrected chi connectivity index (χ0v) is 13.4. The Morgan fingerprint density at radius 2 is 1.70 bits per heavy atom. The van der Waals surface area contributed by atoms with Crippen molar-refractivity contribution < 1.29 is 19.8 Å². The summed E-state index contributed by atoms with van der Waals surface area (Å²) in [5.74, 6) is -1.53. The smallest absolute Gasteiger partial charge is 0.303 e. The third kappa shape index (κ3) is 12.9. The van der Waals surface area contributed by atoms with Crippen molar-refractivity contribution in [1.29, 1.82) is 5.41 Å². The van der Waals surface area contributed by atoms with Crippen molar-refractivity contribution >= 4 is 17.9 Å². The zero-order chi connectivity index (χ0) is 17.7. The maximum Gasteiger partial charge on any atom is 0.303 e. The minimum absolute atomic E-state index is 0.0575. The molecule has 1 aromatic rings. The Morgan fingerprint density at radius 1 is 1.13 bits per heavy atom. The Morgan fingerprint density at radius 3 is 2.17 bits per heavy atom. The molecule has 0 aliphatic heterocycles. The molecule has 0 fully saturated rings. The molecule has 1 aromatic carbocycles. The van der Waals surface area contributed by atoms with Crippen LogP contribution in [0, 0.1) is 5.41 Å². The summed E-state index contributed by atoms with van der Waals surface area (Å²) < 4.78 is 0. The molecule has 0 saturated carbocycles. The number of carbonyl (C=O) groups is 2. The third-order valence-corrected chi connectivity index (χ3v) is 2.88. The van der Waals surface area contributed by atoms with Gasteiger partial charge in [0.15, 0.2) is 5.96 Å². The summed E-state index contributed by atoms with van der Waals surface area (Å²) in [5, 5.41) is 23.5.